The first-order valence-electron chi connectivity index (χ1n) is 10.4. The lowest BCUT2D eigenvalue weighted by Gasteiger charge is -2.57. The molecule has 2 heteroatoms. The maximum absolute atomic E-state index is 10.1. The number of alkyl halides is 1. The van der Waals surface area contributed by atoms with Crippen LogP contribution in [0.2, 0.25) is 0 Å². The fraction of sp³-hybridized carbons (Fsp3) is 0.739. The van der Waals surface area contributed by atoms with Crippen molar-refractivity contribution in [3.05, 3.63) is 35.1 Å². The highest BCUT2D eigenvalue weighted by atomic mass is 35.5. The molecule has 136 valence electrons. The molecule has 0 aromatic rings. The van der Waals surface area contributed by atoms with Crippen molar-refractivity contribution in [2.24, 2.45) is 29.1 Å². The normalized spacial score (nSPS) is 48.3. The molecule has 5 aliphatic rings. The molecule has 0 aromatic heterocycles. The average Bonchev–Trinajstić information content (AvgIpc) is 3.35. The molecule has 5 rings (SSSR count). The van der Waals surface area contributed by atoms with E-state index in [-0.39, 0.29) is 10.8 Å². The number of hydrogen-bond donors (Lipinski definition) is 1. The Balaban J connectivity index is 1.47. The average molecular weight is 359 g/mol. The van der Waals surface area contributed by atoms with Crippen molar-refractivity contribution < 1.29 is 5.11 Å². The summed E-state index contributed by atoms with van der Waals surface area (Å²) < 4.78 is 0. The summed E-state index contributed by atoms with van der Waals surface area (Å²) in [7, 11) is 0. The van der Waals surface area contributed by atoms with Gasteiger partial charge in [-0.05, 0) is 93.0 Å². The lowest BCUT2D eigenvalue weighted by molar-refractivity contribution is 0.00480. The quantitative estimate of drug-likeness (QED) is 0.408. The number of aliphatic hydroxyl groups is 1. The van der Waals surface area contributed by atoms with E-state index in [4.69, 9.17) is 11.6 Å². The molecular weight excluding hydrogens is 328 g/mol. The van der Waals surface area contributed by atoms with Crippen LogP contribution in [0.15, 0.2) is 35.1 Å². The predicted octanol–water partition coefficient (Wildman–Crippen LogP) is 6.70. The molecule has 4 fully saturated rings. The van der Waals surface area contributed by atoms with Gasteiger partial charge in [0.1, 0.15) is 0 Å². The summed E-state index contributed by atoms with van der Waals surface area (Å²) >= 11 is 7.20. The summed E-state index contributed by atoms with van der Waals surface area (Å²) in [6.45, 7) is 6.40. The van der Waals surface area contributed by atoms with Gasteiger partial charge in [-0.1, -0.05) is 30.7 Å². The number of aliphatic hydroxyl groups excluding tert-OH is 1. The number of rotatable bonds is 1. The fourth-order valence-electron chi connectivity index (χ4n) is 7.29. The van der Waals surface area contributed by atoms with Gasteiger partial charge < -0.3 is 5.11 Å². The zero-order valence-corrected chi connectivity index (χ0v) is 16.2. The molecule has 0 radical (unpaired) electrons. The maximum Gasteiger partial charge on any atom is 0.0899 e. The second-order valence-corrected chi connectivity index (χ2v) is 10.4. The highest BCUT2D eigenvalue weighted by Gasteiger charge is 2.60. The Morgan fingerprint density at radius 1 is 1.08 bits per heavy atom. The lowest BCUT2D eigenvalue weighted by Crippen LogP contribution is -2.52. The van der Waals surface area contributed by atoms with Crippen LogP contribution in [0.4, 0.5) is 0 Å². The van der Waals surface area contributed by atoms with Crippen LogP contribution < -0.4 is 0 Å². The Morgan fingerprint density at radius 2 is 1.88 bits per heavy atom. The summed E-state index contributed by atoms with van der Waals surface area (Å²) in [5.74, 6) is 2.55. The Bertz CT molecular complexity index is 682. The van der Waals surface area contributed by atoms with Gasteiger partial charge in [0.15, 0.2) is 0 Å². The van der Waals surface area contributed by atoms with Crippen molar-refractivity contribution in [3.8, 4) is 0 Å². The highest BCUT2D eigenvalue weighted by Crippen LogP contribution is 2.66. The van der Waals surface area contributed by atoms with Crippen LogP contribution in [-0.2, 0) is 0 Å². The smallest absolute Gasteiger partial charge is 0.0899 e. The van der Waals surface area contributed by atoms with Crippen molar-refractivity contribution in [2.45, 2.75) is 76.0 Å². The van der Waals surface area contributed by atoms with E-state index in [1.807, 2.05) is 0 Å². The topological polar surface area (TPSA) is 20.2 Å². The number of hydrogen-bond acceptors (Lipinski definition) is 1. The Hall–Kier alpha value is -0.690. The van der Waals surface area contributed by atoms with Gasteiger partial charge in [0.25, 0.3) is 0 Å². The van der Waals surface area contributed by atoms with Gasteiger partial charge in [-0.2, -0.15) is 0 Å². The van der Waals surface area contributed by atoms with E-state index in [0.29, 0.717) is 17.1 Å². The third-order valence-corrected chi connectivity index (χ3v) is 9.48. The van der Waals surface area contributed by atoms with Crippen LogP contribution in [0.25, 0.3) is 0 Å². The van der Waals surface area contributed by atoms with Crippen LogP contribution in [0.5, 0.6) is 0 Å². The van der Waals surface area contributed by atoms with Crippen molar-refractivity contribution in [2.75, 3.05) is 0 Å². The zero-order chi connectivity index (χ0) is 17.4. The number of halogens is 1. The molecule has 6 unspecified atom stereocenters. The molecule has 0 amide bonds. The molecule has 25 heavy (non-hydrogen) atoms. The van der Waals surface area contributed by atoms with Crippen molar-refractivity contribution in [1.29, 1.82) is 0 Å². The standard InChI is InChI=1S/C23H31ClO/c1-14(25)19-7-8-21-18-6-5-17-13-16(15-3-4-15)9-11-22(17,2)20(18)10-12-23(19,21)24/h13,18-21,25H,1,3-12H2,2H3. The van der Waals surface area contributed by atoms with Gasteiger partial charge in [0.2, 0.25) is 0 Å². The predicted molar refractivity (Wildman–Crippen MR) is 104 cm³/mol. The van der Waals surface area contributed by atoms with E-state index in [2.05, 4.69) is 19.6 Å². The van der Waals surface area contributed by atoms with Gasteiger partial charge in [0.05, 0.1) is 10.6 Å². The summed E-state index contributed by atoms with van der Waals surface area (Å²) in [5, 5.41) is 10.1. The second kappa shape index (κ2) is 5.41. The minimum absolute atomic E-state index is 0.113. The molecule has 0 heterocycles. The van der Waals surface area contributed by atoms with E-state index in [1.165, 1.54) is 51.4 Å². The van der Waals surface area contributed by atoms with Crippen molar-refractivity contribution in [3.63, 3.8) is 0 Å². The minimum Gasteiger partial charge on any atom is -0.513 e. The second-order valence-electron chi connectivity index (χ2n) is 9.72. The summed E-state index contributed by atoms with van der Waals surface area (Å²) in [5.41, 5.74) is 5.57. The van der Waals surface area contributed by atoms with Gasteiger partial charge in [-0.25, -0.2) is 0 Å². The molecule has 4 saturated carbocycles. The van der Waals surface area contributed by atoms with Gasteiger partial charge in [-0.3, -0.25) is 0 Å². The first-order valence-corrected chi connectivity index (χ1v) is 10.8. The molecule has 0 bridgehead atoms. The van der Waals surface area contributed by atoms with Crippen LogP contribution in [-0.4, -0.2) is 9.98 Å². The molecule has 6 atom stereocenters. The van der Waals surface area contributed by atoms with E-state index < -0.39 is 0 Å². The van der Waals surface area contributed by atoms with Crippen LogP contribution in [0.3, 0.4) is 0 Å². The third-order valence-electron chi connectivity index (χ3n) is 8.75. The SMILES string of the molecule is C=C(O)C1CCC2C3CCC4=CC(=C5CC5)CCC4(C)C3CCC12Cl. The van der Waals surface area contributed by atoms with Crippen LogP contribution in [0.1, 0.15) is 71.1 Å². The Kier molecular flexibility index (Phi) is 3.57. The summed E-state index contributed by atoms with van der Waals surface area (Å²) in [4.78, 5) is -0.222. The van der Waals surface area contributed by atoms with E-state index >= 15 is 0 Å². The summed E-state index contributed by atoms with van der Waals surface area (Å²) in [6, 6.07) is 0. The maximum atomic E-state index is 10.1. The van der Waals surface area contributed by atoms with E-state index in [9.17, 15) is 5.11 Å². The molecule has 0 aliphatic heterocycles. The molecule has 1 N–H and O–H groups in total. The molecule has 0 aromatic carbocycles. The molecule has 5 aliphatic carbocycles. The van der Waals surface area contributed by atoms with E-state index in [1.54, 1.807) is 16.7 Å². The van der Waals surface area contributed by atoms with Gasteiger partial charge in [-0.15, -0.1) is 11.6 Å². The zero-order valence-electron chi connectivity index (χ0n) is 15.5. The van der Waals surface area contributed by atoms with Crippen molar-refractivity contribution in [1.82, 2.24) is 0 Å². The van der Waals surface area contributed by atoms with Crippen molar-refractivity contribution >= 4 is 11.6 Å². The molecule has 1 nitrogen and oxygen atoms in total. The third kappa shape index (κ3) is 2.27. The van der Waals surface area contributed by atoms with Gasteiger partial charge in [0, 0.05) is 5.92 Å². The fourth-order valence-corrected chi connectivity index (χ4v) is 7.91. The monoisotopic (exact) mass is 358 g/mol. The Morgan fingerprint density at radius 3 is 2.60 bits per heavy atom. The highest BCUT2D eigenvalue weighted by molar-refractivity contribution is 6.24. The summed E-state index contributed by atoms with van der Waals surface area (Å²) in [6.07, 6.45) is 15.0. The van der Waals surface area contributed by atoms with Crippen LogP contribution in [0, 0.1) is 29.1 Å². The minimum atomic E-state index is -0.222. The largest absolute Gasteiger partial charge is 0.513 e. The van der Waals surface area contributed by atoms with Gasteiger partial charge >= 0.3 is 0 Å². The molecule has 0 saturated heterocycles. The number of allylic oxidation sites excluding steroid dienone is 5. The van der Waals surface area contributed by atoms with Crippen LogP contribution >= 0.6 is 11.6 Å². The first-order chi connectivity index (χ1) is 11.9. The van der Waals surface area contributed by atoms with E-state index in [0.717, 1.165) is 24.7 Å². The Labute approximate surface area is 157 Å². The number of fused-ring (bicyclic) bond motifs is 5. The molecule has 0 spiro atoms. The lowest BCUT2D eigenvalue weighted by atomic mass is 9.49. The molecular formula is C23H31ClO. The first kappa shape index (κ1) is 16.5.